The maximum absolute atomic E-state index is 11.8. The Kier molecular flexibility index (Phi) is 3.37. The highest BCUT2D eigenvalue weighted by Gasteiger charge is 2.16. The van der Waals surface area contributed by atoms with E-state index in [4.69, 9.17) is 0 Å². The van der Waals surface area contributed by atoms with Gasteiger partial charge in [0.25, 0.3) is 11.6 Å². The molecule has 0 spiro atoms. The first-order valence-electron chi connectivity index (χ1n) is 5.74. The second-order valence-electron chi connectivity index (χ2n) is 3.88. The zero-order valence-electron chi connectivity index (χ0n) is 10.5. The number of aryl methyl sites for hydroxylation is 1. The van der Waals surface area contributed by atoms with Gasteiger partial charge in [0.1, 0.15) is 11.5 Å². The van der Waals surface area contributed by atoms with Gasteiger partial charge in [0.05, 0.1) is 10.4 Å². The Labute approximate surface area is 108 Å². The summed E-state index contributed by atoms with van der Waals surface area (Å²) >= 11 is 0. The summed E-state index contributed by atoms with van der Waals surface area (Å²) < 4.78 is 0. The molecule has 0 bridgehead atoms. The molecule has 1 aromatic heterocycles. The molecule has 7 nitrogen and oxygen atoms in total. The molecule has 19 heavy (non-hydrogen) atoms. The van der Waals surface area contributed by atoms with E-state index >= 15 is 0 Å². The van der Waals surface area contributed by atoms with Gasteiger partial charge in [-0.2, -0.15) is 0 Å². The molecule has 1 N–H and O–H groups in total. The number of nitrogens with one attached hydrogen (secondary N) is 1. The minimum Gasteiger partial charge on any atom is -0.354 e. The number of non-ortho nitro benzene ring substituents is 1. The van der Waals surface area contributed by atoms with Gasteiger partial charge in [-0.05, 0) is 6.07 Å². The lowest BCUT2D eigenvalue weighted by Gasteiger charge is -2.06. The van der Waals surface area contributed by atoms with Gasteiger partial charge in [-0.25, -0.2) is 9.97 Å². The molecule has 0 fully saturated rings. The fourth-order valence-corrected chi connectivity index (χ4v) is 1.73. The van der Waals surface area contributed by atoms with Crippen LogP contribution in [0.4, 0.5) is 5.69 Å². The summed E-state index contributed by atoms with van der Waals surface area (Å²) in [6, 6.07) is 4.21. The van der Waals surface area contributed by atoms with Crippen LogP contribution in [0.15, 0.2) is 18.2 Å². The fourth-order valence-electron chi connectivity index (χ4n) is 1.73. The van der Waals surface area contributed by atoms with Crippen molar-refractivity contribution in [3.8, 4) is 0 Å². The quantitative estimate of drug-likeness (QED) is 0.665. The molecule has 98 valence electrons. The highest BCUT2D eigenvalue weighted by molar-refractivity contribution is 6.04. The van der Waals surface area contributed by atoms with E-state index in [2.05, 4.69) is 15.3 Å². The highest BCUT2D eigenvalue weighted by atomic mass is 16.6. The number of nitro benzene ring substituents is 1. The van der Waals surface area contributed by atoms with Crippen molar-refractivity contribution in [2.45, 2.75) is 13.3 Å². The molecule has 0 saturated heterocycles. The summed E-state index contributed by atoms with van der Waals surface area (Å²) in [6.45, 7) is 1.88. The van der Waals surface area contributed by atoms with Gasteiger partial charge in [-0.15, -0.1) is 0 Å². The number of rotatable bonds is 3. The summed E-state index contributed by atoms with van der Waals surface area (Å²) in [5.74, 6) is 0.141. The molecule has 1 heterocycles. The summed E-state index contributed by atoms with van der Waals surface area (Å²) in [7, 11) is 1.49. The zero-order valence-corrected chi connectivity index (χ0v) is 10.5. The molecule has 1 aromatic carbocycles. The predicted octanol–water partition coefficient (Wildman–Crippen LogP) is 1.46. The molecule has 0 saturated carbocycles. The Bertz CT molecular complexity index is 669. The van der Waals surface area contributed by atoms with Gasteiger partial charge in [-0.3, -0.25) is 14.9 Å². The highest BCUT2D eigenvalue weighted by Crippen LogP contribution is 2.22. The van der Waals surface area contributed by atoms with Crippen molar-refractivity contribution >= 4 is 22.5 Å². The molecule has 0 radical (unpaired) electrons. The molecule has 2 aromatic rings. The van der Waals surface area contributed by atoms with Crippen LogP contribution in [0.25, 0.3) is 10.9 Å². The SMILES string of the molecule is CCc1nc(C(=O)NC)c2cc([N+](=O)[O-])ccc2n1. The normalized spacial score (nSPS) is 10.4. The zero-order chi connectivity index (χ0) is 14.0. The van der Waals surface area contributed by atoms with E-state index < -0.39 is 4.92 Å². The van der Waals surface area contributed by atoms with Gasteiger partial charge in [0, 0.05) is 31.0 Å². The monoisotopic (exact) mass is 260 g/mol. The molecule has 2 rings (SSSR count). The second-order valence-corrected chi connectivity index (χ2v) is 3.88. The van der Waals surface area contributed by atoms with Gasteiger partial charge >= 0.3 is 0 Å². The maximum Gasteiger partial charge on any atom is 0.270 e. The van der Waals surface area contributed by atoms with Gasteiger partial charge in [0.15, 0.2) is 0 Å². The lowest BCUT2D eigenvalue weighted by Crippen LogP contribution is -2.20. The minimum absolute atomic E-state index is 0.0921. The first-order valence-corrected chi connectivity index (χ1v) is 5.74. The molecule has 0 aliphatic heterocycles. The Morgan fingerprint density at radius 1 is 1.42 bits per heavy atom. The first kappa shape index (κ1) is 12.9. The molecule has 7 heteroatoms. The smallest absolute Gasteiger partial charge is 0.270 e. The minimum atomic E-state index is -0.513. The van der Waals surface area contributed by atoms with Crippen LogP contribution in [0.5, 0.6) is 0 Å². The molecular weight excluding hydrogens is 248 g/mol. The van der Waals surface area contributed by atoms with E-state index in [-0.39, 0.29) is 17.3 Å². The van der Waals surface area contributed by atoms with Gasteiger partial charge in [-0.1, -0.05) is 6.92 Å². The Morgan fingerprint density at radius 2 is 2.16 bits per heavy atom. The van der Waals surface area contributed by atoms with Crippen LogP contribution in [0.3, 0.4) is 0 Å². The van der Waals surface area contributed by atoms with Crippen LogP contribution in [-0.4, -0.2) is 27.8 Å². The predicted molar refractivity (Wildman–Crippen MR) is 69.0 cm³/mol. The fraction of sp³-hybridized carbons (Fsp3) is 0.250. The van der Waals surface area contributed by atoms with Gasteiger partial charge in [0.2, 0.25) is 0 Å². The average Bonchev–Trinajstić information content (AvgIpc) is 2.44. The van der Waals surface area contributed by atoms with Crippen molar-refractivity contribution in [2.75, 3.05) is 7.05 Å². The Hall–Kier alpha value is -2.57. The third kappa shape index (κ3) is 2.35. The van der Waals surface area contributed by atoms with E-state index in [1.54, 1.807) is 0 Å². The van der Waals surface area contributed by atoms with Crippen molar-refractivity contribution in [1.82, 2.24) is 15.3 Å². The van der Waals surface area contributed by atoms with Crippen LogP contribution >= 0.6 is 0 Å². The second kappa shape index (κ2) is 4.97. The number of benzene rings is 1. The number of amides is 1. The largest absolute Gasteiger partial charge is 0.354 e. The molecule has 0 aliphatic rings. The summed E-state index contributed by atoms with van der Waals surface area (Å²) in [5.41, 5.74) is 0.592. The lowest BCUT2D eigenvalue weighted by molar-refractivity contribution is -0.384. The molecule has 1 amide bonds. The number of carbonyl (C=O) groups excluding carboxylic acids is 1. The topological polar surface area (TPSA) is 98.0 Å². The number of fused-ring (bicyclic) bond motifs is 1. The van der Waals surface area contributed by atoms with Crippen LogP contribution < -0.4 is 5.32 Å². The van der Waals surface area contributed by atoms with Crippen molar-refractivity contribution in [3.63, 3.8) is 0 Å². The molecule has 0 aliphatic carbocycles. The Morgan fingerprint density at radius 3 is 2.74 bits per heavy atom. The van der Waals surface area contributed by atoms with E-state index in [1.807, 2.05) is 6.92 Å². The third-order valence-electron chi connectivity index (χ3n) is 2.69. The van der Waals surface area contributed by atoms with Gasteiger partial charge < -0.3 is 5.32 Å². The Balaban J connectivity index is 2.76. The van der Waals surface area contributed by atoms with Crippen LogP contribution in [0.1, 0.15) is 23.2 Å². The molecule has 0 unspecified atom stereocenters. The van der Waals surface area contributed by atoms with E-state index in [9.17, 15) is 14.9 Å². The summed E-state index contributed by atoms with van der Waals surface area (Å²) in [5, 5.41) is 13.6. The van der Waals surface area contributed by atoms with Crippen LogP contribution in [0.2, 0.25) is 0 Å². The standard InChI is InChI=1S/C12H12N4O3/c1-3-10-14-9-5-4-7(16(18)19)6-8(9)11(15-10)12(17)13-2/h4-6H,3H2,1-2H3,(H,13,17). The molecule has 0 atom stereocenters. The van der Waals surface area contributed by atoms with Crippen molar-refractivity contribution < 1.29 is 9.72 Å². The van der Waals surface area contributed by atoms with E-state index in [0.717, 1.165) is 0 Å². The van der Waals surface area contributed by atoms with E-state index in [0.29, 0.717) is 23.1 Å². The van der Waals surface area contributed by atoms with E-state index in [1.165, 1.54) is 25.2 Å². The summed E-state index contributed by atoms with van der Waals surface area (Å²) in [4.78, 5) is 30.5. The number of carbonyl (C=O) groups is 1. The first-order chi connectivity index (χ1) is 9.06. The average molecular weight is 260 g/mol. The maximum atomic E-state index is 11.8. The number of hydrogen-bond acceptors (Lipinski definition) is 5. The van der Waals surface area contributed by atoms with Crippen LogP contribution in [-0.2, 0) is 6.42 Å². The third-order valence-corrected chi connectivity index (χ3v) is 2.69. The number of nitro groups is 1. The lowest BCUT2D eigenvalue weighted by atomic mass is 10.1. The van der Waals surface area contributed by atoms with Crippen LogP contribution in [0, 0.1) is 10.1 Å². The number of aromatic nitrogens is 2. The van der Waals surface area contributed by atoms with Crippen molar-refractivity contribution in [3.05, 3.63) is 39.8 Å². The number of nitrogens with zero attached hydrogens (tertiary/aromatic N) is 3. The molecular formula is C12H12N4O3. The summed E-state index contributed by atoms with van der Waals surface area (Å²) in [6.07, 6.45) is 0.580. The number of hydrogen-bond donors (Lipinski definition) is 1. The van der Waals surface area contributed by atoms with Crippen molar-refractivity contribution in [1.29, 1.82) is 0 Å². The van der Waals surface area contributed by atoms with Crippen molar-refractivity contribution in [2.24, 2.45) is 0 Å².